The number of rotatable bonds is 7. The summed E-state index contributed by atoms with van der Waals surface area (Å²) in [6.07, 6.45) is 1.79. The summed E-state index contributed by atoms with van der Waals surface area (Å²) in [5.41, 5.74) is 0. The Morgan fingerprint density at radius 3 is 2.50 bits per heavy atom. The number of ether oxygens (including phenoxy) is 2. The maximum atomic E-state index is 11.0. The van der Waals surface area contributed by atoms with Gasteiger partial charge in [-0.2, -0.15) is 0 Å². The largest absolute Gasteiger partial charge is 0.432 e. The molecule has 0 radical (unpaired) electrons. The molecule has 0 aromatic carbocycles. The summed E-state index contributed by atoms with van der Waals surface area (Å²) in [4.78, 5) is 21.5. The molecule has 0 aliphatic rings. The van der Waals surface area contributed by atoms with E-state index in [0.717, 1.165) is 0 Å². The van der Waals surface area contributed by atoms with E-state index >= 15 is 0 Å². The molecule has 0 aliphatic carbocycles. The summed E-state index contributed by atoms with van der Waals surface area (Å²) < 4.78 is 9.77. The van der Waals surface area contributed by atoms with Crippen LogP contribution in [0.4, 0.5) is 0 Å². The van der Waals surface area contributed by atoms with Crippen LogP contribution in [0.3, 0.4) is 0 Å². The first-order valence-electron chi connectivity index (χ1n) is 4.14. The van der Waals surface area contributed by atoms with Gasteiger partial charge in [0.05, 0.1) is 6.61 Å². The molecule has 0 rings (SSSR count). The highest BCUT2D eigenvalue weighted by atomic mass is 16.7. The number of esters is 1. The van der Waals surface area contributed by atoms with Crippen molar-refractivity contribution in [1.82, 2.24) is 0 Å². The van der Waals surface area contributed by atoms with Crippen LogP contribution < -0.4 is 0 Å². The van der Waals surface area contributed by atoms with Crippen molar-refractivity contribution in [3.63, 3.8) is 0 Å². The van der Waals surface area contributed by atoms with Crippen LogP contribution in [0.2, 0.25) is 0 Å². The lowest BCUT2D eigenvalue weighted by molar-refractivity contribution is -0.167. The Morgan fingerprint density at radius 2 is 2.07 bits per heavy atom. The van der Waals surface area contributed by atoms with Crippen molar-refractivity contribution >= 4 is 11.8 Å². The van der Waals surface area contributed by atoms with Gasteiger partial charge in [0.15, 0.2) is 0 Å². The molecule has 0 saturated carbocycles. The molecule has 0 amide bonds. The lowest BCUT2D eigenvalue weighted by Gasteiger charge is -2.12. The average molecular weight is 198 g/mol. The van der Waals surface area contributed by atoms with Gasteiger partial charge in [-0.25, -0.2) is 0 Å². The maximum Gasteiger partial charge on any atom is 0.315 e. The van der Waals surface area contributed by atoms with E-state index < -0.39 is 12.3 Å². The molecular formula is C10H14O4. The second-order valence-electron chi connectivity index (χ2n) is 2.59. The summed E-state index contributed by atoms with van der Waals surface area (Å²) in [6.45, 7) is 8.43. The zero-order valence-electron chi connectivity index (χ0n) is 8.19. The molecule has 0 N–H and O–H groups in total. The standard InChI is InChI=1S/C10H14O4/c1-4-6-13-10(5-2)14-9(12)7-8(3)11/h4-5,10H,1-2,6-7H2,3H3. The van der Waals surface area contributed by atoms with E-state index in [1.54, 1.807) is 0 Å². The zero-order valence-corrected chi connectivity index (χ0v) is 8.19. The van der Waals surface area contributed by atoms with E-state index in [4.69, 9.17) is 9.47 Å². The Labute approximate surface area is 83.2 Å². The number of hydrogen-bond donors (Lipinski definition) is 0. The highest BCUT2D eigenvalue weighted by molar-refractivity contribution is 5.94. The third-order valence-corrected chi connectivity index (χ3v) is 1.21. The Kier molecular flexibility index (Phi) is 6.32. The number of hydrogen-bond acceptors (Lipinski definition) is 4. The zero-order chi connectivity index (χ0) is 11.0. The van der Waals surface area contributed by atoms with Crippen molar-refractivity contribution in [2.24, 2.45) is 0 Å². The van der Waals surface area contributed by atoms with E-state index in [1.165, 1.54) is 19.1 Å². The van der Waals surface area contributed by atoms with Crippen molar-refractivity contribution in [2.45, 2.75) is 19.6 Å². The predicted octanol–water partition coefficient (Wildman–Crippen LogP) is 1.22. The van der Waals surface area contributed by atoms with Crippen LogP contribution in [0, 0.1) is 0 Å². The lowest BCUT2D eigenvalue weighted by atomic mass is 10.3. The molecule has 0 heterocycles. The average Bonchev–Trinajstić information content (AvgIpc) is 2.10. The van der Waals surface area contributed by atoms with Gasteiger partial charge >= 0.3 is 5.97 Å². The van der Waals surface area contributed by atoms with Crippen LogP contribution >= 0.6 is 0 Å². The summed E-state index contributed by atoms with van der Waals surface area (Å²) in [6, 6.07) is 0. The van der Waals surface area contributed by atoms with Gasteiger partial charge in [-0.05, 0) is 13.0 Å². The fourth-order valence-electron chi connectivity index (χ4n) is 0.688. The molecule has 14 heavy (non-hydrogen) atoms. The first-order valence-corrected chi connectivity index (χ1v) is 4.14. The smallest absolute Gasteiger partial charge is 0.315 e. The first-order chi connectivity index (χ1) is 6.60. The molecule has 0 bridgehead atoms. The van der Waals surface area contributed by atoms with Gasteiger partial charge in [-0.1, -0.05) is 12.7 Å². The molecule has 1 atom stereocenters. The molecule has 0 spiro atoms. The number of carbonyl (C=O) groups is 2. The molecule has 1 unspecified atom stereocenters. The minimum absolute atomic E-state index is 0.248. The van der Waals surface area contributed by atoms with E-state index in [0.29, 0.717) is 0 Å². The molecule has 0 saturated heterocycles. The topological polar surface area (TPSA) is 52.6 Å². The SMILES string of the molecule is C=CCOC(C=C)OC(=O)CC(C)=O. The summed E-state index contributed by atoms with van der Waals surface area (Å²) in [5, 5.41) is 0. The summed E-state index contributed by atoms with van der Waals surface area (Å²) in [7, 11) is 0. The molecule has 0 aliphatic heterocycles. The highest BCUT2D eigenvalue weighted by Gasteiger charge is 2.12. The van der Waals surface area contributed by atoms with E-state index in [1.807, 2.05) is 0 Å². The normalized spacial score (nSPS) is 11.5. The second-order valence-corrected chi connectivity index (χ2v) is 2.59. The van der Waals surface area contributed by atoms with Crippen LogP contribution in [0.1, 0.15) is 13.3 Å². The molecule has 4 heteroatoms. The van der Waals surface area contributed by atoms with Crippen LogP contribution in [-0.4, -0.2) is 24.6 Å². The molecule has 0 fully saturated rings. The van der Waals surface area contributed by atoms with Crippen LogP contribution in [0.15, 0.2) is 25.3 Å². The van der Waals surface area contributed by atoms with Gasteiger partial charge in [0.2, 0.25) is 6.29 Å². The van der Waals surface area contributed by atoms with Gasteiger partial charge in [0, 0.05) is 0 Å². The fourth-order valence-corrected chi connectivity index (χ4v) is 0.688. The third-order valence-electron chi connectivity index (χ3n) is 1.21. The number of carbonyl (C=O) groups excluding carboxylic acids is 2. The Morgan fingerprint density at radius 1 is 1.43 bits per heavy atom. The van der Waals surface area contributed by atoms with E-state index in [-0.39, 0.29) is 18.8 Å². The van der Waals surface area contributed by atoms with Gasteiger partial charge in [-0.15, -0.1) is 6.58 Å². The Bertz CT molecular complexity index is 232. The minimum Gasteiger partial charge on any atom is -0.432 e. The molecule has 0 aromatic heterocycles. The predicted molar refractivity (Wildman–Crippen MR) is 51.5 cm³/mol. The second kappa shape index (κ2) is 7.03. The first kappa shape index (κ1) is 12.6. The van der Waals surface area contributed by atoms with Crippen molar-refractivity contribution < 1.29 is 19.1 Å². The fraction of sp³-hybridized carbons (Fsp3) is 0.400. The van der Waals surface area contributed by atoms with Crippen LogP contribution in [0.25, 0.3) is 0 Å². The Hall–Kier alpha value is -1.42. The molecule has 78 valence electrons. The van der Waals surface area contributed by atoms with Gasteiger partial charge in [0.25, 0.3) is 0 Å². The van der Waals surface area contributed by atoms with Gasteiger partial charge in [-0.3, -0.25) is 9.59 Å². The minimum atomic E-state index is -0.820. The molecule has 4 nitrogen and oxygen atoms in total. The quantitative estimate of drug-likeness (QED) is 0.267. The van der Waals surface area contributed by atoms with Crippen LogP contribution in [-0.2, 0) is 19.1 Å². The van der Waals surface area contributed by atoms with Crippen molar-refractivity contribution in [2.75, 3.05) is 6.61 Å². The van der Waals surface area contributed by atoms with Crippen molar-refractivity contribution in [3.8, 4) is 0 Å². The number of ketones is 1. The van der Waals surface area contributed by atoms with E-state index in [9.17, 15) is 9.59 Å². The molecular weight excluding hydrogens is 184 g/mol. The summed E-state index contributed by atoms with van der Waals surface area (Å²) >= 11 is 0. The van der Waals surface area contributed by atoms with Gasteiger partial charge in [0.1, 0.15) is 12.2 Å². The van der Waals surface area contributed by atoms with Crippen molar-refractivity contribution in [1.29, 1.82) is 0 Å². The number of Topliss-reactive ketones (excluding diaryl/α,β-unsaturated/α-hetero) is 1. The van der Waals surface area contributed by atoms with Crippen LogP contribution in [0.5, 0.6) is 0 Å². The van der Waals surface area contributed by atoms with E-state index in [2.05, 4.69) is 13.2 Å². The maximum absolute atomic E-state index is 11.0. The third kappa shape index (κ3) is 6.14. The summed E-state index contributed by atoms with van der Waals surface area (Å²) in [5.74, 6) is -0.868. The van der Waals surface area contributed by atoms with Crippen molar-refractivity contribution in [3.05, 3.63) is 25.3 Å². The highest BCUT2D eigenvalue weighted by Crippen LogP contribution is 1.99. The molecule has 0 aromatic rings. The van der Waals surface area contributed by atoms with Gasteiger partial charge < -0.3 is 9.47 Å². The monoisotopic (exact) mass is 198 g/mol. The Balaban J connectivity index is 3.91. The lowest BCUT2D eigenvalue weighted by Crippen LogP contribution is -2.20.